The van der Waals surface area contributed by atoms with Crippen LogP contribution in [0.2, 0.25) is 0 Å². The highest BCUT2D eigenvalue weighted by Gasteiger charge is 2.18. The molecular formula is C70H135NO5. The second kappa shape index (κ2) is 65.9. The molecule has 0 spiro atoms. The SMILES string of the molecule is CCCCCC/C=C\CCCCCCCC(=O)OCCCCCCCCCCCCCCCCCCCCCCCCCCCCCCCCCCCC(=O)NC(CO)C(O)/C=C/CCCCCCCCCCCCC. The molecule has 0 bridgehead atoms. The first-order valence-corrected chi connectivity index (χ1v) is 34.6. The van der Waals surface area contributed by atoms with Crippen LogP contribution in [-0.4, -0.2) is 47.4 Å². The van der Waals surface area contributed by atoms with E-state index in [0.717, 1.165) is 44.9 Å². The van der Waals surface area contributed by atoms with E-state index in [4.69, 9.17) is 4.74 Å². The van der Waals surface area contributed by atoms with Crippen LogP contribution in [0.4, 0.5) is 0 Å². The fourth-order valence-corrected chi connectivity index (χ4v) is 10.9. The zero-order chi connectivity index (χ0) is 55.0. The molecule has 0 aliphatic rings. The lowest BCUT2D eigenvalue weighted by Gasteiger charge is -2.20. The maximum Gasteiger partial charge on any atom is 0.305 e. The van der Waals surface area contributed by atoms with E-state index in [9.17, 15) is 19.8 Å². The van der Waals surface area contributed by atoms with Gasteiger partial charge in [-0.15, -0.1) is 0 Å². The van der Waals surface area contributed by atoms with Crippen molar-refractivity contribution in [3.05, 3.63) is 24.3 Å². The minimum absolute atomic E-state index is 0.0125. The number of nitrogens with one attached hydrogen (secondary N) is 1. The van der Waals surface area contributed by atoms with Gasteiger partial charge in [-0.05, 0) is 57.8 Å². The minimum atomic E-state index is -0.840. The van der Waals surface area contributed by atoms with Crippen molar-refractivity contribution in [2.45, 2.75) is 398 Å². The summed E-state index contributed by atoms with van der Waals surface area (Å²) in [4.78, 5) is 24.5. The van der Waals surface area contributed by atoms with E-state index in [2.05, 4.69) is 31.3 Å². The Labute approximate surface area is 475 Å². The van der Waals surface area contributed by atoms with Crippen molar-refractivity contribution in [2.75, 3.05) is 13.2 Å². The zero-order valence-corrected chi connectivity index (χ0v) is 51.5. The summed E-state index contributed by atoms with van der Waals surface area (Å²) in [5.41, 5.74) is 0. The molecule has 0 saturated heterocycles. The van der Waals surface area contributed by atoms with Crippen LogP contribution in [0.5, 0.6) is 0 Å². The van der Waals surface area contributed by atoms with Gasteiger partial charge in [0.25, 0.3) is 0 Å². The Bertz CT molecular complexity index is 1190. The van der Waals surface area contributed by atoms with Gasteiger partial charge < -0.3 is 20.3 Å². The number of unbranched alkanes of at least 4 members (excludes halogenated alkanes) is 52. The molecule has 450 valence electrons. The van der Waals surface area contributed by atoms with Gasteiger partial charge in [-0.3, -0.25) is 9.59 Å². The molecule has 0 rings (SSSR count). The molecule has 0 heterocycles. The third-order valence-corrected chi connectivity index (χ3v) is 16.2. The van der Waals surface area contributed by atoms with Crippen LogP contribution in [0.25, 0.3) is 0 Å². The molecule has 2 unspecified atom stereocenters. The Kier molecular flexibility index (Phi) is 64.4. The number of rotatable bonds is 65. The number of aliphatic hydroxyl groups excluding tert-OH is 2. The average Bonchev–Trinajstić information content (AvgIpc) is 3.42. The number of hydrogen-bond acceptors (Lipinski definition) is 5. The van der Waals surface area contributed by atoms with Gasteiger partial charge >= 0.3 is 5.97 Å². The predicted octanol–water partition coefficient (Wildman–Crippen LogP) is 22.1. The average molecular weight is 1070 g/mol. The molecule has 76 heavy (non-hydrogen) atoms. The molecule has 0 saturated carbocycles. The molecule has 0 aliphatic heterocycles. The maximum atomic E-state index is 12.5. The summed E-state index contributed by atoms with van der Waals surface area (Å²) in [6, 6.07) is -0.623. The van der Waals surface area contributed by atoms with Gasteiger partial charge in [-0.2, -0.15) is 0 Å². The van der Waals surface area contributed by atoms with Crippen LogP contribution in [0, 0.1) is 0 Å². The van der Waals surface area contributed by atoms with Crippen LogP contribution in [0.3, 0.4) is 0 Å². The smallest absolute Gasteiger partial charge is 0.305 e. The molecule has 0 aliphatic carbocycles. The quantitative estimate of drug-likeness (QED) is 0.0320. The first-order valence-electron chi connectivity index (χ1n) is 34.6. The number of allylic oxidation sites excluding steroid dienone is 3. The van der Waals surface area contributed by atoms with E-state index < -0.39 is 12.1 Å². The number of hydrogen-bond donors (Lipinski definition) is 3. The summed E-state index contributed by atoms with van der Waals surface area (Å²) in [6.07, 6.45) is 82.7. The highest BCUT2D eigenvalue weighted by Crippen LogP contribution is 2.19. The second-order valence-corrected chi connectivity index (χ2v) is 23.9. The summed E-state index contributed by atoms with van der Waals surface area (Å²) in [6.45, 7) is 4.91. The lowest BCUT2D eigenvalue weighted by Crippen LogP contribution is -2.45. The summed E-state index contributed by atoms with van der Waals surface area (Å²) >= 11 is 0. The molecule has 0 radical (unpaired) electrons. The summed E-state index contributed by atoms with van der Waals surface area (Å²) in [5, 5.41) is 23.1. The van der Waals surface area contributed by atoms with E-state index in [1.807, 2.05) is 6.08 Å². The molecule has 6 nitrogen and oxygen atoms in total. The summed E-state index contributed by atoms with van der Waals surface area (Å²) in [7, 11) is 0. The van der Waals surface area contributed by atoms with Crippen molar-refractivity contribution in [1.82, 2.24) is 5.32 Å². The number of carbonyl (C=O) groups is 2. The number of aliphatic hydroxyl groups is 2. The summed E-state index contributed by atoms with van der Waals surface area (Å²) < 4.78 is 5.48. The van der Waals surface area contributed by atoms with Gasteiger partial charge in [0.15, 0.2) is 0 Å². The van der Waals surface area contributed by atoms with E-state index in [-0.39, 0.29) is 18.5 Å². The van der Waals surface area contributed by atoms with Gasteiger partial charge in [-0.1, -0.05) is 340 Å². The normalized spacial score (nSPS) is 12.6. The van der Waals surface area contributed by atoms with E-state index in [0.29, 0.717) is 19.4 Å². The van der Waals surface area contributed by atoms with Crippen LogP contribution >= 0.6 is 0 Å². The van der Waals surface area contributed by atoms with Crippen LogP contribution < -0.4 is 5.32 Å². The number of carbonyl (C=O) groups excluding carboxylic acids is 2. The molecule has 0 aromatic heterocycles. The zero-order valence-electron chi connectivity index (χ0n) is 51.5. The minimum Gasteiger partial charge on any atom is -0.466 e. The molecule has 0 aromatic carbocycles. The van der Waals surface area contributed by atoms with Gasteiger partial charge in [0.2, 0.25) is 5.91 Å². The van der Waals surface area contributed by atoms with Gasteiger partial charge in [0.05, 0.1) is 25.4 Å². The van der Waals surface area contributed by atoms with Crippen molar-refractivity contribution in [1.29, 1.82) is 0 Å². The van der Waals surface area contributed by atoms with Crippen LogP contribution in [0.15, 0.2) is 24.3 Å². The fourth-order valence-electron chi connectivity index (χ4n) is 10.9. The lowest BCUT2D eigenvalue weighted by molar-refractivity contribution is -0.143. The van der Waals surface area contributed by atoms with Crippen molar-refractivity contribution in [3.63, 3.8) is 0 Å². The van der Waals surface area contributed by atoms with E-state index in [1.54, 1.807) is 6.08 Å². The molecule has 3 N–H and O–H groups in total. The number of esters is 1. The number of ether oxygens (including phenoxy) is 1. The third kappa shape index (κ3) is 61.6. The lowest BCUT2D eigenvalue weighted by atomic mass is 10.0. The molecule has 0 aromatic rings. The van der Waals surface area contributed by atoms with Crippen LogP contribution in [0.1, 0.15) is 386 Å². The summed E-state index contributed by atoms with van der Waals surface area (Å²) in [5.74, 6) is -0.0491. The molecular weight excluding hydrogens is 935 g/mol. The Morgan fingerprint density at radius 3 is 0.947 bits per heavy atom. The molecule has 2 atom stereocenters. The fraction of sp³-hybridized carbons (Fsp3) is 0.914. The highest BCUT2D eigenvalue weighted by molar-refractivity contribution is 5.76. The molecule has 1 amide bonds. The molecule has 0 fully saturated rings. The maximum absolute atomic E-state index is 12.5. The van der Waals surface area contributed by atoms with E-state index in [1.165, 1.54) is 315 Å². The van der Waals surface area contributed by atoms with Gasteiger partial charge in [-0.25, -0.2) is 0 Å². The van der Waals surface area contributed by atoms with E-state index >= 15 is 0 Å². The Hall–Kier alpha value is -1.66. The number of amides is 1. The first-order chi connectivity index (χ1) is 37.5. The highest BCUT2D eigenvalue weighted by atomic mass is 16.5. The Morgan fingerprint density at radius 2 is 0.618 bits per heavy atom. The Balaban J connectivity index is 3.32. The monoisotopic (exact) mass is 1070 g/mol. The van der Waals surface area contributed by atoms with Crippen molar-refractivity contribution >= 4 is 11.9 Å². The Morgan fingerprint density at radius 1 is 0.355 bits per heavy atom. The third-order valence-electron chi connectivity index (χ3n) is 16.2. The first kappa shape index (κ1) is 74.3. The van der Waals surface area contributed by atoms with Crippen molar-refractivity contribution in [3.8, 4) is 0 Å². The predicted molar refractivity (Wildman–Crippen MR) is 333 cm³/mol. The second-order valence-electron chi connectivity index (χ2n) is 23.9. The largest absolute Gasteiger partial charge is 0.466 e. The van der Waals surface area contributed by atoms with Gasteiger partial charge in [0.1, 0.15) is 0 Å². The topological polar surface area (TPSA) is 95.9 Å². The van der Waals surface area contributed by atoms with Crippen molar-refractivity contribution in [2.24, 2.45) is 0 Å². The van der Waals surface area contributed by atoms with Crippen molar-refractivity contribution < 1.29 is 24.5 Å². The molecule has 6 heteroatoms. The van der Waals surface area contributed by atoms with Gasteiger partial charge in [0, 0.05) is 12.8 Å². The standard InChI is InChI=1S/C70H135NO5/c1-3-5-7-9-11-13-15-38-42-46-50-54-58-62-68(73)67(66-72)71-69(74)63-59-55-51-47-43-40-36-34-32-30-28-26-24-22-20-18-17-19-21-23-25-27-29-31-33-35-37-41-45-49-53-57-61-65-76-70(75)64-60-56-52-48-44-39-16-14-12-10-8-6-4-2/h14,16,58,62,67-68,72-73H,3-13,15,17-57,59-61,63-66H2,1-2H3,(H,71,74)/b16-14-,62-58+. The van der Waals surface area contributed by atoms with Crippen LogP contribution in [-0.2, 0) is 14.3 Å².